The number of carbonyl (C=O) groups is 1. The molecule has 5 nitrogen and oxygen atoms in total. The summed E-state index contributed by atoms with van der Waals surface area (Å²) >= 11 is 5.89. The van der Waals surface area contributed by atoms with Crippen LogP contribution < -0.4 is 0 Å². The summed E-state index contributed by atoms with van der Waals surface area (Å²) in [5.41, 5.74) is 1.17. The van der Waals surface area contributed by atoms with Crippen LogP contribution in [0.4, 0.5) is 0 Å². The van der Waals surface area contributed by atoms with Crippen molar-refractivity contribution in [1.82, 2.24) is 15.0 Å². The van der Waals surface area contributed by atoms with E-state index >= 15 is 0 Å². The first-order valence-corrected chi connectivity index (χ1v) is 8.26. The van der Waals surface area contributed by atoms with Crippen LogP contribution in [0.15, 0.2) is 28.8 Å². The van der Waals surface area contributed by atoms with Crippen LogP contribution in [0.2, 0.25) is 5.02 Å². The number of likely N-dealkylation sites (tertiary alicyclic amines) is 1. The van der Waals surface area contributed by atoms with Gasteiger partial charge in [-0.25, -0.2) is 0 Å². The highest BCUT2D eigenvalue weighted by atomic mass is 35.5. The van der Waals surface area contributed by atoms with Crippen LogP contribution in [0.1, 0.15) is 49.4 Å². The van der Waals surface area contributed by atoms with Crippen molar-refractivity contribution in [2.45, 2.75) is 38.5 Å². The second-order valence-corrected chi connectivity index (χ2v) is 6.70. The maximum absolute atomic E-state index is 12.2. The van der Waals surface area contributed by atoms with E-state index in [2.05, 4.69) is 10.1 Å². The third-order valence-electron chi connectivity index (χ3n) is 4.12. The highest BCUT2D eigenvalue weighted by molar-refractivity contribution is 6.30. The fraction of sp³-hybridized carbons (Fsp3) is 0.471. The molecule has 6 heteroatoms. The number of halogens is 1. The van der Waals surface area contributed by atoms with Gasteiger partial charge in [0, 0.05) is 30.5 Å². The molecule has 1 aromatic heterocycles. The molecular weight excluding hydrogens is 314 g/mol. The van der Waals surface area contributed by atoms with Crippen molar-refractivity contribution >= 4 is 17.5 Å². The largest absolute Gasteiger partial charge is 0.342 e. The summed E-state index contributed by atoms with van der Waals surface area (Å²) in [5, 5.41) is 4.71. The van der Waals surface area contributed by atoms with E-state index in [4.69, 9.17) is 16.1 Å². The van der Waals surface area contributed by atoms with E-state index in [-0.39, 0.29) is 17.7 Å². The fourth-order valence-electron chi connectivity index (χ4n) is 2.72. The van der Waals surface area contributed by atoms with E-state index in [1.54, 1.807) is 0 Å². The number of hydrogen-bond donors (Lipinski definition) is 0. The minimum atomic E-state index is 0.00715. The lowest BCUT2D eigenvalue weighted by Gasteiger charge is -2.15. The Bertz CT molecular complexity index is 681. The SMILES string of the molecule is CC(C)c1noc(C2CC(=O)N(CCc3ccc(Cl)cc3)C2)n1. The van der Waals surface area contributed by atoms with E-state index < -0.39 is 0 Å². The van der Waals surface area contributed by atoms with Gasteiger partial charge in [-0.05, 0) is 24.1 Å². The summed E-state index contributed by atoms with van der Waals surface area (Å²) < 4.78 is 5.33. The van der Waals surface area contributed by atoms with E-state index in [1.165, 1.54) is 5.56 Å². The van der Waals surface area contributed by atoms with Crippen LogP contribution in [-0.4, -0.2) is 34.0 Å². The third kappa shape index (κ3) is 3.72. The van der Waals surface area contributed by atoms with E-state index in [0.29, 0.717) is 31.2 Å². The first kappa shape index (κ1) is 16.0. The van der Waals surface area contributed by atoms with Crippen LogP contribution in [0.5, 0.6) is 0 Å². The van der Waals surface area contributed by atoms with Gasteiger partial charge in [-0.2, -0.15) is 4.98 Å². The van der Waals surface area contributed by atoms with Crippen molar-refractivity contribution in [3.05, 3.63) is 46.6 Å². The quantitative estimate of drug-likeness (QED) is 0.841. The molecule has 1 aliphatic rings. The predicted octanol–water partition coefficient (Wildman–Crippen LogP) is 3.41. The van der Waals surface area contributed by atoms with Crippen LogP contribution >= 0.6 is 11.6 Å². The minimum absolute atomic E-state index is 0.00715. The molecule has 3 rings (SSSR count). The summed E-state index contributed by atoms with van der Waals surface area (Å²) in [6.45, 7) is 5.38. The molecule has 1 fully saturated rings. The second kappa shape index (κ2) is 6.71. The zero-order valence-corrected chi connectivity index (χ0v) is 14.1. The number of amides is 1. The summed E-state index contributed by atoms with van der Waals surface area (Å²) in [7, 11) is 0. The van der Waals surface area contributed by atoms with E-state index in [9.17, 15) is 4.79 Å². The van der Waals surface area contributed by atoms with E-state index in [0.717, 1.165) is 11.4 Å². The highest BCUT2D eigenvalue weighted by Crippen LogP contribution is 2.28. The zero-order chi connectivity index (χ0) is 16.4. The van der Waals surface area contributed by atoms with Crippen molar-refractivity contribution in [1.29, 1.82) is 0 Å². The van der Waals surface area contributed by atoms with Gasteiger partial charge < -0.3 is 9.42 Å². The molecule has 2 heterocycles. The Morgan fingerprint density at radius 1 is 1.35 bits per heavy atom. The second-order valence-electron chi connectivity index (χ2n) is 6.26. The van der Waals surface area contributed by atoms with Crippen molar-refractivity contribution in [3.8, 4) is 0 Å². The molecule has 1 aliphatic heterocycles. The Balaban J connectivity index is 1.59. The number of benzene rings is 1. The topological polar surface area (TPSA) is 59.2 Å². The molecular formula is C17H20ClN3O2. The predicted molar refractivity (Wildman–Crippen MR) is 87.5 cm³/mol. The van der Waals surface area contributed by atoms with Crippen LogP contribution in [0.3, 0.4) is 0 Å². The maximum atomic E-state index is 12.2. The Hall–Kier alpha value is -1.88. The molecule has 0 aliphatic carbocycles. The fourth-order valence-corrected chi connectivity index (χ4v) is 2.84. The van der Waals surface area contributed by atoms with Crippen LogP contribution in [0, 0.1) is 0 Å². The Morgan fingerprint density at radius 3 is 2.74 bits per heavy atom. The zero-order valence-electron chi connectivity index (χ0n) is 13.3. The summed E-state index contributed by atoms with van der Waals surface area (Å²) in [6, 6.07) is 7.73. The van der Waals surface area contributed by atoms with Gasteiger partial charge in [0.2, 0.25) is 11.8 Å². The molecule has 0 radical (unpaired) electrons. The van der Waals surface area contributed by atoms with Crippen LogP contribution in [0.25, 0.3) is 0 Å². The normalized spacial score (nSPS) is 18.2. The number of hydrogen-bond acceptors (Lipinski definition) is 4. The lowest BCUT2D eigenvalue weighted by atomic mass is 10.1. The summed E-state index contributed by atoms with van der Waals surface area (Å²) in [4.78, 5) is 18.5. The standard InChI is InChI=1S/C17H20ClN3O2/c1-11(2)16-19-17(23-20-16)13-9-15(22)21(10-13)8-7-12-3-5-14(18)6-4-12/h3-6,11,13H,7-10H2,1-2H3. The molecule has 2 aromatic rings. The maximum Gasteiger partial charge on any atom is 0.232 e. The molecule has 1 aromatic carbocycles. The number of aromatic nitrogens is 2. The summed E-state index contributed by atoms with van der Waals surface area (Å²) in [6.07, 6.45) is 1.26. The molecule has 0 saturated carbocycles. The van der Waals surface area contributed by atoms with Crippen molar-refractivity contribution in [2.24, 2.45) is 0 Å². The number of rotatable bonds is 5. The monoisotopic (exact) mass is 333 g/mol. The lowest BCUT2D eigenvalue weighted by Crippen LogP contribution is -2.27. The summed E-state index contributed by atoms with van der Waals surface area (Å²) in [5.74, 6) is 1.66. The first-order valence-electron chi connectivity index (χ1n) is 7.88. The van der Waals surface area contributed by atoms with Gasteiger partial charge in [0.15, 0.2) is 5.82 Å². The molecule has 0 spiro atoms. The molecule has 0 bridgehead atoms. The third-order valence-corrected chi connectivity index (χ3v) is 4.37. The van der Waals surface area contributed by atoms with Gasteiger partial charge in [-0.1, -0.05) is 42.7 Å². The Labute approximate surface area is 140 Å². The average molecular weight is 334 g/mol. The molecule has 1 saturated heterocycles. The number of nitrogens with zero attached hydrogens (tertiary/aromatic N) is 3. The van der Waals surface area contributed by atoms with Gasteiger partial charge >= 0.3 is 0 Å². The highest BCUT2D eigenvalue weighted by Gasteiger charge is 2.34. The molecule has 1 atom stereocenters. The Kier molecular flexibility index (Phi) is 4.66. The average Bonchev–Trinajstić information content (AvgIpc) is 3.14. The molecule has 1 amide bonds. The van der Waals surface area contributed by atoms with E-state index in [1.807, 2.05) is 43.0 Å². The number of carbonyl (C=O) groups excluding carboxylic acids is 1. The smallest absolute Gasteiger partial charge is 0.232 e. The van der Waals surface area contributed by atoms with Gasteiger partial charge in [0.05, 0.1) is 5.92 Å². The van der Waals surface area contributed by atoms with Gasteiger partial charge in [0.25, 0.3) is 0 Å². The Morgan fingerprint density at radius 2 is 2.09 bits per heavy atom. The van der Waals surface area contributed by atoms with Gasteiger partial charge in [0.1, 0.15) is 0 Å². The molecule has 1 unspecified atom stereocenters. The lowest BCUT2D eigenvalue weighted by molar-refractivity contribution is -0.127. The molecule has 23 heavy (non-hydrogen) atoms. The van der Waals surface area contributed by atoms with Crippen molar-refractivity contribution in [3.63, 3.8) is 0 Å². The van der Waals surface area contributed by atoms with Crippen molar-refractivity contribution in [2.75, 3.05) is 13.1 Å². The minimum Gasteiger partial charge on any atom is -0.342 e. The first-order chi connectivity index (χ1) is 11.0. The van der Waals surface area contributed by atoms with Crippen LogP contribution in [-0.2, 0) is 11.2 Å². The molecule has 122 valence electrons. The van der Waals surface area contributed by atoms with Gasteiger partial charge in [-0.15, -0.1) is 0 Å². The van der Waals surface area contributed by atoms with Crippen molar-refractivity contribution < 1.29 is 9.32 Å². The van der Waals surface area contributed by atoms with Gasteiger partial charge in [-0.3, -0.25) is 4.79 Å². The molecule has 0 N–H and O–H groups in total.